The highest BCUT2D eigenvalue weighted by molar-refractivity contribution is 5.79. The van der Waals surface area contributed by atoms with Crippen molar-refractivity contribution in [2.45, 2.75) is 25.3 Å². The summed E-state index contributed by atoms with van der Waals surface area (Å²) in [5, 5.41) is 8.33. The zero-order chi connectivity index (χ0) is 8.27. The number of aliphatic carboxylic acids is 1. The van der Waals surface area contributed by atoms with Gasteiger partial charge in [-0.1, -0.05) is 12.5 Å². The van der Waals surface area contributed by atoms with Gasteiger partial charge in [-0.25, -0.2) is 4.79 Å². The second-order valence-corrected chi connectivity index (χ2v) is 2.96. The number of carboxylic acids is 1. The molecule has 2 atom stereocenters. The second kappa shape index (κ2) is 3.53. The number of hydrogen-bond donors (Lipinski definition) is 2. The van der Waals surface area contributed by atoms with Crippen LogP contribution in [-0.2, 0) is 4.79 Å². The van der Waals surface area contributed by atoms with Crippen LogP contribution in [0.5, 0.6) is 0 Å². The van der Waals surface area contributed by atoms with Crippen molar-refractivity contribution in [2.24, 2.45) is 11.7 Å². The lowest BCUT2D eigenvalue weighted by atomic mass is 10.0. The van der Waals surface area contributed by atoms with Crippen molar-refractivity contribution < 1.29 is 9.90 Å². The summed E-state index contributed by atoms with van der Waals surface area (Å²) >= 11 is 0. The average Bonchev–Trinajstić information content (AvgIpc) is 2.31. The molecule has 0 spiro atoms. The Morgan fingerprint density at radius 2 is 2.27 bits per heavy atom. The van der Waals surface area contributed by atoms with E-state index in [9.17, 15) is 4.79 Å². The Morgan fingerprint density at radius 1 is 1.55 bits per heavy atom. The first-order valence-corrected chi connectivity index (χ1v) is 3.87. The fourth-order valence-electron chi connectivity index (χ4n) is 1.46. The van der Waals surface area contributed by atoms with Gasteiger partial charge in [0, 0.05) is 12.1 Å². The third-order valence-electron chi connectivity index (χ3n) is 2.11. The number of carboxylic acid groups (broad SMARTS) is 1. The number of carbonyl (C=O) groups is 1. The Balaban J connectivity index is 2.42. The molecule has 3 nitrogen and oxygen atoms in total. The Bertz CT molecular complexity index is 177. The minimum absolute atomic E-state index is 0.172. The van der Waals surface area contributed by atoms with Crippen LogP contribution in [0.25, 0.3) is 0 Å². The molecule has 0 unspecified atom stereocenters. The second-order valence-electron chi connectivity index (χ2n) is 2.96. The molecular weight excluding hydrogens is 142 g/mol. The van der Waals surface area contributed by atoms with Crippen LogP contribution < -0.4 is 5.73 Å². The summed E-state index contributed by atoms with van der Waals surface area (Å²) in [4.78, 5) is 10.1. The quantitative estimate of drug-likeness (QED) is 0.578. The summed E-state index contributed by atoms with van der Waals surface area (Å²) in [6.07, 6.45) is 6.07. The van der Waals surface area contributed by atoms with Crippen molar-refractivity contribution in [3.05, 3.63) is 12.2 Å². The van der Waals surface area contributed by atoms with Crippen LogP contribution in [0.4, 0.5) is 0 Å². The standard InChI is InChI=1S/C8H13NO2/c9-7-3-1-2-6(7)4-5-8(10)11/h4-7H,1-3,9H2,(H,10,11)/b5-4+/t6-,7+/m1/s1. The van der Waals surface area contributed by atoms with Gasteiger partial charge in [-0.05, 0) is 18.8 Å². The van der Waals surface area contributed by atoms with Gasteiger partial charge < -0.3 is 10.8 Å². The maximum absolute atomic E-state index is 10.1. The lowest BCUT2D eigenvalue weighted by Gasteiger charge is -2.08. The van der Waals surface area contributed by atoms with Gasteiger partial charge in [-0.2, -0.15) is 0 Å². The van der Waals surface area contributed by atoms with E-state index in [0.717, 1.165) is 19.3 Å². The number of hydrogen-bond acceptors (Lipinski definition) is 2. The molecule has 0 saturated heterocycles. The highest BCUT2D eigenvalue weighted by Gasteiger charge is 2.20. The smallest absolute Gasteiger partial charge is 0.327 e. The molecule has 0 aliphatic heterocycles. The molecule has 3 N–H and O–H groups in total. The molecular formula is C8H13NO2. The summed E-state index contributed by atoms with van der Waals surface area (Å²) < 4.78 is 0. The topological polar surface area (TPSA) is 63.3 Å². The SMILES string of the molecule is N[C@H]1CCC[C@@H]1/C=C/C(=O)O. The third-order valence-corrected chi connectivity index (χ3v) is 2.11. The minimum Gasteiger partial charge on any atom is -0.478 e. The average molecular weight is 155 g/mol. The summed E-state index contributed by atoms with van der Waals surface area (Å²) in [6, 6.07) is 0.172. The van der Waals surface area contributed by atoms with E-state index in [2.05, 4.69) is 0 Å². The number of nitrogens with two attached hydrogens (primary N) is 1. The van der Waals surface area contributed by atoms with Crippen LogP contribution in [0.2, 0.25) is 0 Å². The summed E-state index contributed by atoms with van der Waals surface area (Å²) in [5.74, 6) is -0.602. The van der Waals surface area contributed by atoms with E-state index in [1.165, 1.54) is 6.08 Å². The van der Waals surface area contributed by atoms with Crippen LogP contribution in [0, 0.1) is 5.92 Å². The maximum Gasteiger partial charge on any atom is 0.327 e. The van der Waals surface area contributed by atoms with E-state index in [1.54, 1.807) is 6.08 Å². The first-order chi connectivity index (χ1) is 5.20. The van der Waals surface area contributed by atoms with Crippen molar-refractivity contribution in [3.63, 3.8) is 0 Å². The van der Waals surface area contributed by atoms with Gasteiger partial charge in [-0.15, -0.1) is 0 Å². The molecule has 1 aliphatic rings. The number of rotatable bonds is 2. The van der Waals surface area contributed by atoms with Gasteiger partial charge in [0.05, 0.1) is 0 Å². The van der Waals surface area contributed by atoms with Crippen molar-refractivity contribution >= 4 is 5.97 Å². The summed E-state index contributed by atoms with van der Waals surface area (Å²) in [6.45, 7) is 0. The molecule has 0 bridgehead atoms. The molecule has 0 heterocycles. The van der Waals surface area contributed by atoms with E-state index in [0.29, 0.717) is 0 Å². The van der Waals surface area contributed by atoms with E-state index in [1.807, 2.05) is 0 Å². The Labute approximate surface area is 65.9 Å². The molecule has 0 amide bonds. The zero-order valence-corrected chi connectivity index (χ0v) is 6.36. The van der Waals surface area contributed by atoms with E-state index in [-0.39, 0.29) is 12.0 Å². The Morgan fingerprint density at radius 3 is 2.73 bits per heavy atom. The highest BCUT2D eigenvalue weighted by atomic mass is 16.4. The molecule has 1 rings (SSSR count). The van der Waals surface area contributed by atoms with Crippen molar-refractivity contribution in [1.29, 1.82) is 0 Å². The Kier molecular flexibility index (Phi) is 2.65. The largest absolute Gasteiger partial charge is 0.478 e. The van der Waals surface area contributed by atoms with Gasteiger partial charge in [0.2, 0.25) is 0 Å². The third kappa shape index (κ3) is 2.35. The van der Waals surface area contributed by atoms with Gasteiger partial charge in [0.25, 0.3) is 0 Å². The molecule has 0 aromatic rings. The predicted molar refractivity (Wildman–Crippen MR) is 42.1 cm³/mol. The predicted octanol–water partition coefficient (Wildman–Crippen LogP) is 0.755. The molecule has 0 aromatic heterocycles. The lowest BCUT2D eigenvalue weighted by molar-refractivity contribution is -0.131. The van der Waals surface area contributed by atoms with Crippen LogP contribution in [0.1, 0.15) is 19.3 Å². The maximum atomic E-state index is 10.1. The molecule has 3 heteroatoms. The summed E-state index contributed by atoms with van der Waals surface area (Å²) in [5.41, 5.74) is 5.72. The highest BCUT2D eigenvalue weighted by Crippen LogP contribution is 2.24. The molecule has 11 heavy (non-hydrogen) atoms. The first-order valence-electron chi connectivity index (χ1n) is 3.87. The van der Waals surface area contributed by atoms with E-state index >= 15 is 0 Å². The molecule has 62 valence electrons. The molecule has 1 fully saturated rings. The fourth-order valence-corrected chi connectivity index (χ4v) is 1.46. The zero-order valence-electron chi connectivity index (χ0n) is 6.36. The van der Waals surface area contributed by atoms with Crippen LogP contribution in [0.15, 0.2) is 12.2 Å². The van der Waals surface area contributed by atoms with Crippen molar-refractivity contribution in [1.82, 2.24) is 0 Å². The van der Waals surface area contributed by atoms with Crippen LogP contribution in [0.3, 0.4) is 0 Å². The molecule has 0 radical (unpaired) electrons. The van der Waals surface area contributed by atoms with Gasteiger partial charge in [0.15, 0.2) is 0 Å². The Hall–Kier alpha value is -0.830. The molecule has 0 aromatic carbocycles. The fraction of sp³-hybridized carbons (Fsp3) is 0.625. The van der Waals surface area contributed by atoms with Gasteiger partial charge >= 0.3 is 5.97 Å². The molecule has 1 saturated carbocycles. The molecule has 1 aliphatic carbocycles. The minimum atomic E-state index is -0.885. The van der Waals surface area contributed by atoms with E-state index < -0.39 is 5.97 Å². The van der Waals surface area contributed by atoms with Crippen molar-refractivity contribution in [2.75, 3.05) is 0 Å². The van der Waals surface area contributed by atoms with Gasteiger partial charge in [0.1, 0.15) is 0 Å². The summed E-state index contributed by atoms with van der Waals surface area (Å²) in [7, 11) is 0. The monoisotopic (exact) mass is 155 g/mol. The first kappa shape index (κ1) is 8.27. The van der Waals surface area contributed by atoms with Crippen LogP contribution >= 0.6 is 0 Å². The lowest BCUT2D eigenvalue weighted by Crippen LogP contribution is -2.22. The van der Waals surface area contributed by atoms with E-state index in [4.69, 9.17) is 10.8 Å². The van der Waals surface area contributed by atoms with Gasteiger partial charge in [-0.3, -0.25) is 0 Å². The van der Waals surface area contributed by atoms with Crippen LogP contribution in [-0.4, -0.2) is 17.1 Å². The normalized spacial score (nSPS) is 31.4. The van der Waals surface area contributed by atoms with Crippen molar-refractivity contribution in [3.8, 4) is 0 Å².